The molecule has 0 radical (unpaired) electrons. The Labute approximate surface area is 154 Å². The van der Waals surface area contributed by atoms with Crippen LogP contribution in [0.15, 0.2) is 39.2 Å². The van der Waals surface area contributed by atoms with Gasteiger partial charge in [-0.15, -0.1) is 10.2 Å². The largest absolute Gasteiger partial charge is 0.466 e. The number of aromatic nitrogens is 2. The maximum absolute atomic E-state index is 12.8. The topological polar surface area (TPSA) is 95.4 Å². The Morgan fingerprint density at radius 1 is 1.07 bits per heavy atom. The minimum absolute atomic E-state index is 0.0347. The molecule has 3 aromatic rings. The fourth-order valence-corrected chi connectivity index (χ4v) is 2.47. The van der Waals surface area contributed by atoms with Gasteiger partial charge < -0.3 is 13.6 Å². The monoisotopic (exact) mass is 372 g/mol. The van der Waals surface area contributed by atoms with Crippen LogP contribution >= 0.6 is 0 Å². The fourth-order valence-electron chi connectivity index (χ4n) is 2.47. The van der Waals surface area contributed by atoms with E-state index in [0.29, 0.717) is 16.9 Å². The van der Waals surface area contributed by atoms with Gasteiger partial charge in [0.15, 0.2) is 12.4 Å². The number of nitrogens with zero attached hydrogens (tertiary/aromatic N) is 2. The first-order chi connectivity index (χ1) is 12.9. The van der Waals surface area contributed by atoms with Crippen LogP contribution in [0, 0.1) is 19.7 Å². The first kappa shape index (κ1) is 18.5. The Morgan fingerprint density at radius 2 is 1.81 bits per heavy atom. The second-order valence-corrected chi connectivity index (χ2v) is 5.92. The highest BCUT2D eigenvalue weighted by Crippen LogP contribution is 2.25. The van der Waals surface area contributed by atoms with E-state index in [9.17, 15) is 14.0 Å². The molecule has 1 aromatic carbocycles. The number of hydrogen-bond donors (Lipinski definition) is 0. The minimum atomic E-state index is -0.569. The van der Waals surface area contributed by atoms with Crippen molar-refractivity contribution in [2.75, 3.05) is 0 Å². The number of carbonyl (C=O) groups is 2. The van der Waals surface area contributed by atoms with E-state index in [0.717, 1.165) is 5.76 Å². The summed E-state index contributed by atoms with van der Waals surface area (Å²) in [5.41, 5.74) is 1.03. The molecule has 0 spiro atoms. The number of halogens is 1. The molecule has 7 nitrogen and oxygen atoms in total. The number of ether oxygens (including phenoxy) is 1. The average molecular weight is 372 g/mol. The zero-order chi connectivity index (χ0) is 19.4. The van der Waals surface area contributed by atoms with Crippen molar-refractivity contribution >= 4 is 11.8 Å². The van der Waals surface area contributed by atoms with Gasteiger partial charge in [-0.3, -0.25) is 9.59 Å². The van der Waals surface area contributed by atoms with Gasteiger partial charge in [-0.25, -0.2) is 4.39 Å². The maximum Gasteiger partial charge on any atom is 0.306 e. The van der Waals surface area contributed by atoms with E-state index in [-0.39, 0.29) is 37.0 Å². The molecule has 0 amide bonds. The first-order valence-electron chi connectivity index (χ1n) is 8.26. The Bertz CT molecular complexity index is 959. The molecule has 0 bridgehead atoms. The number of ketones is 1. The molecular formula is C19H17FN2O5. The number of benzene rings is 1. The molecular weight excluding hydrogens is 355 g/mol. The van der Waals surface area contributed by atoms with Crippen LogP contribution in [-0.4, -0.2) is 21.9 Å². The number of rotatable bonds is 7. The van der Waals surface area contributed by atoms with Crippen LogP contribution in [0.4, 0.5) is 4.39 Å². The van der Waals surface area contributed by atoms with Crippen molar-refractivity contribution in [3.05, 3.63) is 59.1 Å². The summed E-state index contributed by atoms with van der Waals surface area (Å²) in [6.45, 7) is 3.40. The summed E-state index contributed by atoms with van der Waals surface area (Å²) in [6, 6.07) is 6.93. The predicted molar refractivity (Wildman–Crippen MR) is 91.2 cm³/mol. The van der Waals surface area contributed by atoms with Gasteiger partial charge >= 0.3 is 5.97 Å². The zero-order valence-electron chi connectivity index (χ0n) is 14.8. The number of esters is 1. The maximum atomic E-state index is 12.8. The van der Waals surface area contributed by atoms with Crippen molar-refractivity contribution in [3.63, 3.8) is 0 Å². The lowest BCUT2D eigenvalue weighted by molar-refractivity contribution is -0.145. The zero-order valence-corrected chi connectivity index (χ0v) is 14.8. The number of hydrogen-bond acceptors (Lipinski definition) is 7. The van der Waals surface area contributed by atoms with Crippen molar-refractivity contribution in [3.8, 4) is 11.5 Å². The van der Waals surface area contributed by atoms with Crippen molar-refractivity contribution in [1.29, 1.82) is 0 Å². The number of aryl methyl sites for hydroxylation is 2. The lowest BCUT2D eigenvalue weighted by Crippen LogP contribution is -2.08. The van der Waals surface area contributed by atoms with Crippen LogP contribution in [0.25, 0.3) is 11.5 Å². The van der Waals surface area contributed by atoms with Crippen LogP contribution in [0.5, 0.6) is 0 Å². The van der Waals surface area contributed by atoms with Crippen LogP contribution in [0.1, 0.15) is 40.6 Å². The SMILES string of the molecule is Cc1cc(-c2nnc(COC(=O)CCC(=O)c3ccc(F)cc3)o2)c(C)o1. The van der Waals surface area contributed by atoms with Crippen molar-refractivity contribution in [1.82, 2.24) is 10.2 Å². The highest BCUT2D eigenvalue weighted by Gasteiger charge is 2.16. The third-order valence-corrected chi connectivity index (χ3v) is 3.82. The Morgan fingerprint density at radius 3 is 2.48 bits per heavy atom. The third-order valence-electron chi connectivity index (χ3n) is 3.82. The normalized spacial score (nSPS) is 10.8. The number of carbonyl (C=O) groups excluding carboxylic acids is 2. The summed E-state index contributed by atoms with van der Waals surface area (Å²) in [4.78, 5) is 23.7. The fraction of sp³-hybridized carbons (Fsp3) is 0.263. The minimum Gasteiger partial charge on any atom is -0.466 e. The van der Waals surface area contributed by atoms with Gasteiger partial charge in [-0.05, 0) is 44.2 Å². The molecule has 27 heavy (non-hydrogen) atoms. The molecule has 3 rings (SSSR count). The van der Waals surface area contributed by atoms with E-state index in [1.165, 1.54) is 24.3 Å². The van der Waals surface area contributed by atoms with Crippen LogP contribution in [0.2, 0.25) is 0 Å². The summed E-state index contributed by atoms with van der Waals surface area (Å²) < 4.78 is 28.8. The molecule has 2 heterocycles. The summed E-state index contributed by atoms with van der Waals surface area (Å²) in [5, 5.41) is 7.73. The molecule has 8 heteroatoms. The van der Waals surface area contributed by atoms with Gasteiger partial charge in [0.2, 0.25) is 0 Å². The standard InChI is InChI=1S/C19H17FN2O5/c1-11-9-15(12(2)26-11)19-22-21-17(27-19)10-25-18(24)8-7-16(23)13-3-5-14(20)6-4-13/h3-6,9H,7-8,10H2,1-2H3. The van der Waals surface area contributed by atoms with Gasteiger partial charge in [0, 0.05) is 12.0 Å². The second kappa shape index (κ2) is 7.94. The van der Waals surface area contributed by atoms with E-state index >= 15 is 0 Å². The summed E-state index contributed by atoms with van der Waals surface area (Å²) >= 11 is 0. The Hall–Kier alpha value is -3.29. The predicted octanol–water partition coefficient (Wildman–Crippen LogP) is 3.79. The van der Waals surface area contributed by atoms with Crippen molar-refractivity contribution in [2.24, 2.45) is 0 Å². The number of Topliss-reactive ketones (excluding diaryl/α,β-unsaturated/α-hetero) is 1. The summed E-state index contributed by atoms with van der Waals surface area (Å²) in [7, 11) is 0. The second-order valence-electron chi connectivity index (χ2n) is 5.92. The molecule has 2 aromatic heterocycles. The van der Waals surface area contributed by atoms with E-state index in [1.807, 2.05) is 6.92 Å². The van der Waals surface area contributed by atoms with Gasteiger partial charge in [-0.1, -0.05) is 0 Å². The average Bonchev–Trinajstić information content (AvgIpc) is 3.24. The van der Waals surface area contributed by atoms with E-state index in [2.05, 4.69) is 10.2 Å². The molecule has 0 unspecified atom stereocenters. The van der Waals surface area contributed by atoms with E-state index < -0.39 is 11.8 Å². The van der Waals surface area contributed by atoms with Crippen LogP contribution in [-0.2, 0) is 16.1 Å². The summed E-state index contributed by atoms with van der Waals surface area (Å²) in [5.74, 6) is 0.533. The van der Waals surface area contributed by atoms with Crippen molar-refractivity contribution < 1.29 is 27.6 Å². The molecule has 0 N–H and O–H groups in total. The molecule has 140 valence electrons. The quantitative estimate of drug-likeness (QED) is 0.460. The lowest BCUT2D eigenvalue weighted by Gasteiger charge is -2.02. The van der Waals surface area contributed by atoms with Gasteiger partial charge in [0.05, 0.1) is 12.0 Å². The van der Waals surface area contributed by atoms with Gasteiger partial charge in [-0.2, -0.15) is 0 Å². The first-order valence-corrected chi connectivity index (χ1v) is 8.26. The highest BCUT2D eigenvalue weighted by molar-refractivity contribution is 5.97. The molecule has 0 fully saturated rings. The molecule has 0 saturated heterocycles. The summed E-state index contributed by atoms with van der Waals surface area (Å²) in [6.07, 6.45) is -0.135. The molecule has 0 aliphatic carbocycles. The molecule has 0 atom stereocenters. The highest BCUT2D eigenvalue weighted by atomic mass is 19.1. The van der Waals surface area contributed by atoms with E-state index in [1.54, 1.807) is 13.0 Å². The van der Waals surface area contributed by atoms with E-state index in [4.69, 9.17) is 13.6 Å². The van der Waals surface area contributed by atoms with Crippen LogP contribution < -0.4 is 0 Å². The smallest absolute Gasteiger partial charge is 0.306 e. The molecule has 0 aliphatic heterocycles. The van der Waals surface area contributed by atoms with Gasteiger partial charge in [0.25, 0.3) is 11.8 Å². The molecule has 0 saturated carbocycles. The van der Waals surface area contributed by atoms with Gasteiger partial charge in [0.1, 0.15) is 17.3 Å². The lowest BCUT2D eigenvalue weighted by atomic mass is 10.1. The number of furan rings is 1. The Kier molecular flexibility index (Phi) is 5.44. The third kappa shape index (κ3) is 4.66. The molecule has 0 aliphatic rings. The van der Waals surface area contributed by atoms with Crippen molar-refractivity contribution in [2.45, 2.75) is 33.3 Å². The van der Waals surface area contributed by atoms with Crippen LogP contribution in [0.3, 0.4) is 0 Å². The Balaban J connectivity index is 1.49.